The number of anilines is 1. The molecule has 2 N–H and O–H groups in total. The Morgan fingerprint density at radius 2 is 1.78 bits per heavy atom. The summed E-state index contributed by atoms with van der Waals surface area (Å²) in [4.78, 5) is 14.0. The lowest BCUT2D eigenvalue weighted by Crippen LogP contribution is -2.43. The molecular formula is C18H20F2N2O. The average Bonchev–Trinajstić information content (AvgIpc) is 2.55. The first-order valence-electron chi connectivity index (χ1n) is 7.59. The van der Waals surface area contributed by atoms with Crippen molar-refractivity contribution < 1.29 is 13.6 Å². The van der Waals surface area contributed by atoms with Gasteiger partial charge in [-0.05, 0) is 36.8 Å². The zero-order chi connectivity index (χ0) is 16.8. The van der Waals surface area contributed by atoms with Gasteiger partial charge in [0.25, 0.3) is 0 Å². The molecule has 2 rings (SSSR count). The summed E-state index contributed by atoms with van der Waals surface area (Å²) < 4.78 is 27.0. The minimum Gasteiger partial charge on any atom is -0.320 e. The number of rotatable bonds is 6. The molecule has 122 valence electrons. The van der Waals surface area contributed by atoms with Crippen molar-refractivity contribution in [2.24, 2.45) is 5.73 Å². The van der Waals surface area contributed by atoms with E-state index in [1.807, 2.05) is 6.92 Å². The van der Waals surface area contributed by atoms with Gasteiger partial charge in [-0.15, -0.1) is 0 Å². The van der Waals surface area contributed by atoms with Gasteiger partial charge in [0, 0.05) is 11.3 Å². The van der Waals surface area contributed by atoms with Gasteiger partial charge in [-0.1, -0.05) is 31.5 Å². The van der Waals surface area contributed by atoms with E-state index in [0.717, 1.165) is 6.42 Å². The Bertz CT molecular complexity index is 658. The smallest absolute Gasteiger partial charge is 0.244 e. The molecule has 1 unspecified atom stereocenters. The summed E-state index contributed by atoms with van der Waals surface area (Å²) in [6.45, 7) is 1.99. The van der Waals surface area contributed by atoms with E-state index >= 15 is 0 Å². The van der Waals surface area contributed by atoms with Crippen LogP contribution < -0.4 is 10.6 Å². The molecule has 23 heavy (non-hydrogen) atoms. The zero-order valence-corrected chi connectivity index (χ0v) is 13.0. The predicted molar refractivity (Wildman–Crippen MR) is 86.9 cm³/mol. The Labute approximate surface area is 134 Å². The maximum atomic E-state index is 13.9. The van der Waals surface area contributed by atoms with Crippen LogP contribution in [0.15, 0.2) is 48.5 Å². The highest BCUT2D eigenvalue weighted by molar-refractivity contribution is 5.96. The van der Waals surface area contributed by atoms with Gasteiger partial charge in [-0.2, -0.15) is 0 Å². The summed E-state index contributed by atoms with van der Waals surface area (Å²) in [6, 6.07) is 11.1. The number of amides is 1. The number of hydrogen-bond donors (Lipinski definition) is 1. The monoisotopic (exact) mass is 318 g/mol. The molecule has 2 aromatic carbocycles. The second kappa shape index (κ2) is 7.83. The molecule has 0 aromatic heterocycles. The summed E-state index contributed by atoms with van der Waals surface area (Å²) in [7, 11) is 0. The van der Waals surface area contributed by atoms with Crippen molar-refractivity contribution in [3.8, 4) is 0 Å². The molecule has 0 fully saturated rings. The summed E-state index contributed by atoms with van der Waals surface area (Å²) in [5, 5.41) is 0. The minimum atomic E-state index is -0.670. The minimum absolute atomic E-state index is 0.0502. The second-order valence-corrected chi connectivity index (χ2v) is 5.39. The normalized spacial score (nSPS) is 12.0. The third-order valence-electron chi connectivity index (χ3n) is 3.61. The Balaban J connectivity index is 2.33. The number of carbonyl (C=O) groups is 1. The quantitative estimate of drug-likeness (QED) is 0.884. The van der Waals surface area contributed by atoms with E-state index in [9.17, 15) is 13.6 Å². The van der Waals surface area contributed by atoms with E-state index in [0.29, 0.717) is 17.7 Å². The fourth-order valence-electron chi connectivity index (χ4n) is 2.35. The topological polar surface area (TPSA) is 46.3 Å². The van der Waals surface area contributed by atoms with E-state index in [2.05, 4.69) is 0 Å². The highest BCUT2D eigenvalue weighted by atomic mass is 19.1. The molecule has 1 atom stereocenters. The molecule has 0 aliphatic carbocycles. The van der Waals surface area contributed by atoms with Gasteiger partial charge in [0.1, 0.15) is 11.6 Å². The predicted octanol–water partition coefficient (Wildman–Crippen LogP) is 3.63. The molecule has 2 aromatic rings. The third-order valence-corrected chi connectivity index (χ3v) is 3.61. The molecule has 0 spiro atoms. The first kappa shape index (κ1) is 17.1. The van der Waals surface area contributed by atoms with Gasteiger partial charge in [0.15, 0.2) is 0 Å². The van der Waals surface area contributed by atoms with Crippen LogP contribution in [0.4, 0.5) is 14.5 Å². The lowest BCUT2D eigenvalue weighted by molar-refractivity contribution is -0.120. The van der Waals surface area contributed by atoms with Gasteiger partial charge in [-0.3, -0.25) is 4.79 Å². The van der Waals surface area contributed by atoms with Crippen LogP contribution in [0.25, 0.3) is 0 Å². The number of benzene rings is 2. The van der Waals surface area contributed by atoms with Crippen LogP contribution in [0.3, 0.4) is 0 Å². The number of carbonyl (C=O) groups excluding carboxylic acids is 1. The summed E-state index contributed by atoms with van der Waals surface area (Å²) in [6.07, 6.45) is 1.30. The molecule has 0 aliphatic rings. The van der Waals surface area contributed by atoms with Crippen LogP contribution in [-0.4, -0.2) is 11.9 Å². The Morgan fingerprint density at radius 1 is 1.13 bits per heavy atom. The fraction of sp³-hybridized carbons (Fsp3) is 0.278. The summed E-state index contributed by atoms with van der Waals surface area (Å²) >= 11 is 0. The molecule has 0 saturated carbocycles. The van der Waals surface area contributed by atoms with Crippen molar-refractivity contribution in [1.82, 2.24) is 0 Å². The van der Waals surface area contributed by atoms with Crippen molar-refractivity contribution in [1.29, 1.82) is 0 Å². The maximum absolute atomic E-state index is 13.9. The van der Waals surface area contributed by atoms with Gasteiger partial charge in [0.2, 0.25) is 5.91 Å². The SMILES string of the molecule is CCCC(N)C(=O)N(Cc1ccccc1F)c1ccc(F)cc1. The first-order chi connectivity index (χ1) is 11.0. The fourth-order valence-corrected chi connectivity index (χ4v) is 2.35. The van der Waals surface area contributed by atoms with Crippen LogP contribution in [0.1, 0.15) is 25.3 Å². The zero-order valence-electron chi connectivity index (χ0n) is 13.0. The molecule has 1 amide bonds. The van der Waals surface area contributed by atoms with Crippen molar-refractivity contribution in [3.05, 3.63) is 65.7 Å². The van der Waals surface area contributed by atoms with Crippen LogP contribution in [0.2, 0.25) is 0 Å². The molecule has 0 heterocycles. The van der Waals surface area contributed by atoms with Crippen LogP contribution in [0.5, 0.6) is 0 Å². The molecular weight excluding hydrogens is 298 g/mol. The Morgan fingerprint density at radius 3 is 2.39 bits per heavy atom. The highest BCUT2D eigenvalue weighted by Gasteiger charge is 2.23. The molecule has 0 radical (unpaired) electrons. The number of hydrogen-bond acceptors (Lipinski definition) is 2. The van der Waals surface area contributed by atoms with Crippen molar-refractivity contribution in [2.75, 3.05) is 4.90 Å². The number of halogens is 2. The average molecular weight is 318 g/mol. The maximum Gasteiger partial charge on any atom is 0.244 e. The molecule has 3 nitrogen and oxygen atoms in total. The molecule has 0 bridgehead atoms. The standard InChI is InChI=1S/C18H20F2N2O/c1-2-5-17(21)18(23)22(15-10-8-14(19)9-11-15)12-13-6-3-4-7-16(13)20/h3-4,6-11,17H,2,5,12,21H2,1H3. The van der Waals surface area contributed by atoms with E-state index in [-0.39, 0.29) is 12.5 Å². The van der Waals surface area contributed by atoms with Crippen LogP contribution >= 0.6 is 0 Å². The van der Waals surface area contributed by atoms with Gasteiger partial charge in [-0.25, -0.2) is 8.78 Å². The van der Waals surface area contributed by atoms with Crippen molar-refractivity contribution in [3.63, 3.8) is 0 Å². The summed E-state index contributed by atoms with van der Waals surface area (Å²) in [5.74, 6) is -1.09. The van der Waals surface area contributed by atoms with Gasteiger partial charge >= 0.3 is 0 Å². The largest absolute Gasteiger partial charge is 0.320 e. The Hall–Kier alpha value is -2.27. The number of nitrogens with zero attached hydrogens (tertiary/aromatic N) is 1. The third kappa shape index (κ3) is 4.36. The number of nitrogens with two attached hydrogens (primary N) is 1. The van der Waals surface area contributed by atoms with E-state index in [1.165, 1.54) is 35.2 Å². The van der Waals surface area contributed by atoms with Crippen molar-refractivity contribution >= 4 is 11.6 Å². The van der Waals surface area contributed by atoms with E-state index in [4.69, 9.17) is 5.73 Å². The van der Waals surface area contributed by atoms with Crippen LogP contribution in [-0.2, 0) is 11.3 Å². The lowest BCUT2D eigenvalue weighted by atomic mass is 10.1. The first-order valence-corrected chi connectivity index (χ1v) is 7.59. The van der Waals surface area contributed by atoms with E-state index in [1.54, 1.807) is 18.2 Å². The molecule has 0 aliphatic heterocycles. The van der Waals surface area contributed by atoms with Crippen molar-refractivity contribution in [2.45, 2.75) is 32.4 Å². The Kier molecular flexibility index (Phi) is 5.82. The highest BCUT2D eigenvalue weighted by Crippen LogP contribution is 2.21. The van der Waals surface area contributed by atoms with Crippen LogP contribution in [0, 0.1) is 11.6 Å². The molecule has 5 heteroatoms. The van der Waals surface area contributed by atoms with Gasteiger partial charge in [0.05, 0.1) is 12.6 Å². The van der Waals surface area contributed by atoms with Gasteiger partial charge < -0.3 is 10.6 Å². The summed E-state index contributed by atoms with van der Waals surface area (Å²) in [5.41, 5.74) is 6.80. The van der Waals surface area contributed by atoms with E-state index < -0.39 is 17.7 Å². The second-order valence-electron chi connectivity index (χ2n) is 5.39. The molecule has 0 saturated heterocycles. The lowest BCUT2D eigenvalue weighted by Gasteiger charge is -2.26.